The van der Waals surface area contributed by atoms with Gasteiger partial charge in [0.05, 0.1) is 17.6 Å². The van der Waals surface area contributed by atoms with Gasteiger partial charge in [-0.3, -0.25) is 0 Å². The van der Waals surface area contributed by atoms with E-state index in [1.807, 2.05) is 39.0 Å². The van der Waals surface area contributed by atoms with Gasteiger partial charge < -0.3 is 14.4 Å². The number of rotatable bonds is 6. The normalized spacial score (nSPS) is 13.3. The molecule has 2 aromatic carbocycles. The molecule has 0 radical (unpaired) electrons. The third-order valence-corrected chi connectivity index (χ3v) is 4.52. The average molecular weight is 392 g/mol. The topological polar surface area (TPSA) is 47.3 Å². The van der Waals surface area contributed by atoms with Crippen molar-refractivity contribution >= 4 is 11.0 Å². The highest BCUT2D eigenvalue weighted by molar-refractivity contribution is 5.76. The van der Waals surface area contributed by atoms with Gasteiger partial charge in [0.15, 0.2) is 0 Å². The lowest BCUT2D eigenvalue weighted by molar-refractivity contribution is -0.147. The minimum atomic E-state index is -4.61. The molecule has 0 aliphatic carbocycles. The molecular weight excluding hydrogens is 369 g/mol. The van der Waals surface area contributed by atoms with Gasteiger partial charge in [-0.1, -0.05) is 38.1 Å². The number of nitrogens with zero attached hydrogens (tertiary/aromatic N) is 2. The van der Waals surface area contributed by atoms with E-state index in [0.29, 0.717) is 11.3 Å². The highest BCUT2D eigenvalue weighted by Gasteiger charge is 2.38. The Morgan fingerprint density at radius 2 is 1.86 bits per heavy atom. The van der Waals surface area contributed by atoms with Crippen molar-refractivity contribution in [2.45, 2.75) is 45.5 Å². The molecule has 1 N–H and O–H groups in total. The molecular formula is C21H23F3N2O2. The number of aromatic nitrogens is 2. The van der Waals surface area contributed by atoms with Gasteiger partial charge >= 0.3 is 6.18 Å². The van der Waals surface area contributed by atoms with Crippen molar-refractivity contribution < 1.29 is 23.0 Å². The third-order valence-electron chi connectivity index (χ3n) is 4.52. The Morgan fingerprint density at radius 1 is 1.14 bits per heavy atom. The monoisotopic (exact) mass is 392 g/mol. The van der Waals surface area contributed by atoms with Crippen LogP contribution in [0.5, 0.6) is 5.75 Å². The van der Waals surface area contributed by atoms with Gasteiger partial charge in [0.2, 0.25) is 5.82 Å². The Balaban J connectivity index is 1.81. The predicted octanol–water partition coefficient (Wildman–Crippen LogP) is 4.93. The van der Waals surface area contributed by atoms with E-state index in [0.717, 1.165) is 15.7 Å². The fourth-order valence-corrected chi connectivity index (χ4v) is 3.17. The standard InChI is InChI=1S/C21H23F3N2O2/c1-13(2)16-9-8-14(3)10-19(16)28-12-15(27)11-26-18-7-5-4-6-17(18)25-20(26)21(22,23)24/h4-10,13,15,27H,11-12H2,1-3H3. The van der Waals surface area contributed by atoms with Crippen LogP contribution in [-0.4, -0.2) is 27.4 Å². The minimum absolute atomic E-state index is 0.118. The number of halogens is 3. The van der Waals surface area contributed by atoms with Crippen LogP contribution in [0.15, 0.2) is 42.5 Å². The molecule has 150 valence electrons. The summed E-state index contributed by atoms with van der Waals surface area (Å²) in [4.78, 5) is 3.69. The predicted molar refractivity (Wildman–Crippen MR) is 102 cm³/mol. The molecule has 3 aromatic rings. The van der Waals surface area contributed by atoms with E-state index in [1.165, 1.54) is 6.07 Å². The minimum Gasteiger partial charge on any atom is -0.491 e. The van der Waals surface area contributed by atoms with Gasteiger partial charge in [0.25, 0.3) is 0 Å². The zero-order valence-electron chi connectivity index (χ0n) is 16.0. The van der Waals surface area contributed by atoms with E-state index >= 15 is 0 Å². The molecule has 1 unspecified atom stereocenters. The molecule has 0 saturated heterocycles. The quantitative estimate of drug-likeness (QED) is 0.647. The van der Waals surface area contributed by atoms with E-state index < -0.39 is 18.1 Å². The number of hydrogen-bond acceptors (Lipinski definition) is 3. The van der Waals surface area contributed by atoms with Crippen LogP contribution in [0.25, 0.3) is 11.0 Å². The molecule has 4 nitrogen and oxygen atoms in total. The van der Waals surface area contributed by atoms with E-state index in [1.54, 1.807) is 18.2 Å². The molecule has 0 aliphatic rings. The molecule has 1 heterocycles. The van der Waals surface area contributed by atoms with Crippen molar-refractivity contribution in [3.05, 3.63) is 59.4 Å². The number of aliphatic hydroxyl groups excluding tert-OH is 1. The van der Waals surface area contributed by atoms with Gasteiger partial charge in [-0.05, 0) is 42.2 Å². The summed E-state index contributed by atoms with van der Waals surface area (Å²) in [5, 5.41) is 10.4. The summed E-state index contributed by atoms with van der Waals surface area (Å²) in [6.45, 7) is 5.61. The maximum Gasteiger partial charge on any atom is 0.449 e. The van der Waals surface area contributed by atoms with Crippen molar-refractivity contribution in [1.82, 2.24) is 9.55 Å². The molecule has 0 amide bonds. The van der Waals surface area contributed by atoms with Crippen LogP contribution >= 0.6 is 0 Å². The first kappa shape index (κ1) is 20.2. The van der Waals surface area contributed by atoms with E-state index in [-0.39, 0.29) is 24.6 Å². The summed E-state index contributed by atoms with van der Waals surface area (Å²) >= 11 is 0. The second kappa shape index (κ2) is 7.83. The number of para-hydroxylation sites is 2. The van der Waals surface area contributed by atoms with Crippen molar-refractivity contribution in [3.63, 3.8) is 0 Å². The molecule has 0 bridgehead atoms. The van der Waals surface area contributed by atoms with Crippen LogP contribution < -0.4 is 4.74 Å². The Hall–Kier alpha value is -2.54. The molecule has 1 atom stereocenters. The van der Waals surface area contributed by atoms with E-state index in [4.69, 9.17) is 4.74 Å². The molecule has 0 aliphatic heterocycles. The largest absolute Gasteiger partial charge is 0.491 e. The van der Waals surface area contributed by atoms with Crippen LogP contribution in [0.3, 0.4) is 0 Å². The number of hydrogen-bond donors (Lipinski definition) is 1. The second-order valence-corrected chi connectivity index (χ2v) is 7.19. The van der Waals surface area contributed by atoms with Crippen molar-refractivity contribution in [3.8, 4) is 5.75 Å². The second-order valence-electron chi connectivity index (χ2n) is 7.19. The van der Waals surface area contributed by atoms with Crippen LogP contribution in [0.4, 0.5) is 13.2 Å². The first-order valence-corrected chi connectivity index (χ1v) is 9.10. The Morgan fingerprint density at radius 3 is 2.54 bits per heavy atom. The molecule has 7 heteroatoms. The number of fused-ring (bicyclic) bond motifs is 1. The first-order chi connectivity index (χ1) is 13.2. The lowest BCUT2D eigenvalue weighted by Gasteiger charge is -2.19. The van der Waals surface area contributed by atoms with Crippen LogP contribution in [-0.2, 0) is 12.7 Å². The molecule has 0 saturated carbocycles. The smallest absolute Gasteiger partial charge is 0.449 e. The summed E-state index contributed by atoms with van der Waals surface area (Å²) in [6, 6.07) is 12.2. The summed E-state index contributed by atoms with van der Waals surface area (Å²) in [5.41, 5.74) is 2.56. The highest BCUT2D eigenvalue weighted by Crippen LogP contribution is 2.32. The van der Waals surface area contributed by atoms with Gasteiger partial charge in [-0.15, -0.1) is 0 Å². The van der Waals surface area contributed by atoms with Crippen molar-refractivity contribution in [2.24, 2.45) is 0 Å². The lowest BCUT2D eigenvalue weighted by Crippen LogP contribution is -2.26. The molecule has 1 aromatic heterocycles. The number of aryl methyl sites for hydroxylation is 1. The van der Waals surface area contributed by atoms with Gasteiger partial charge in [-0.2, -0.15) is 13.2 Å². The van der Waals surface area contributed by atoms with E-state index in [2.05, 4.69) is 4.98 Å². The molecule has 28 heavy (non-hydrogen) atoms. The zero-order chi connectivity index (χ0) is 20.5. The molecule has 3 rings (SSSR count). The first-order valence-electron chi connectivity index (χ1n) is 9.10. The van der Waals surface area contributed by atoms with Gasteiger partial charge in [0, 0.05) is 0 Å². The number of aliphatic hydroxyl groups is 1. The van der Waals surface area contributed by atoms with Crippen molar-refractivity contribution in [1.29, 1.82) is 0 Å². The Labute approximate surface area is 161 Å². The fraction of sp³-hybridized carbons (Fsp3) is 0.381. The maximum atomic E-state index is 13.4. The summed E-state index contributed by atoms with van der Waals surface area (Å²) in [7, 11) is 0. The zero-order valence-corrected chi connectivity index (χ0v) is 16.0. The number of alkyl halides is 3. The van der Waals surface area contributed by atoms with Crippen LogP contribution in [0, 0.1) is 6.92 Å². The average Bonchev–Trinajstić information content (AvgIpc) is 2.99. The molecule has 0 fully saturated rings. The Bertz CT molecular complexity index is 964. The maximum absolute atomic E-state index is 13.4. The van der Waals surface area contributed by atoms with E-state index in [9.17, 15) is 18.3 Å². The van der Waals surface area contributed by atoms with Gasteiger partial charge in [-0.25, -0.2) is 4.98 Å². The molecule has 0 spiro atoms. The highest BCUT2D eigenvalue weighted by atomic mass is 19.4. The number of benzene rings is 2. The van der Waals surface area contributed by atoms with Crippen LogP contribution in [0.1, 0.15) is 36.7 Å². The fourth-order valence-electron chi connectivity index (χ4n) is 3.17. The SMILES string of the molecule is Cc1ccc(C(C)C)c(OCC(O)Cn2c(C(F)(F)F)nc3ccccc32)c1. The number of imidazole rings is 1. The van der Waals surface area contributed by atoms with Crippen molar-refractivity contribution in [2.75, 3.05) is 6.61 Å². The Kier molecular flexibility index (Phi) is 5.65. The van der Waals surface area contributed by atoms with Gasteiger partial charge in [0.1, 0.15) is 18.5 Å². The third kappa shape index (κ3) is 4.30. The summed E-state index contributed by atoms with van der Waals surface area (Å²) in [5.74, 6) is -0.158. The van der Waals surface area contributed by atoms with Crippen LogP contribution in [0.2, 0.25) is 0 Å². The lowest BCUT2D eigenvalue weighted by atomic mass is 10.0. The summed E-state index contributed by atoms with van der Waals surface area (Å²) < 4.78 is 46.9. The summed E-state index contributed by atoms with van der Waals surface area (Å²) in [6.07, 6.45) is -5.74. The number of ether oxygens (including phenoxy) is 1.